The summed E-state index contributed by atoms with van der Waals surface area (Å²) in [4.78, 5) is 31.2. The molecule has 2 rings (SSSR count). The molecule has 0 unspecified atom stereocenters. The third-order valence-electron chi connectivity index (χ3n) is 3.66. The van der Waals surface area contributed by atoms with Crippen LogP contribution in [-0.4, -0.2) is 46.7 Å². The van der Waals surface area contributed by atoms with Gasteiger partial charge in [0.1, 0.15) is 0 Å². The summed E-state index contributed by atoms with van der Waals surface area (Å²) in [5.41, 5.74) is 0. The van der Waals surface area contributed by atoms with Crippen LogP contribution in [0, 0.1) is 5.92 Å². The van der Waals surface area contributed by atoms with Crippen LogP contribution in [0.25, 0.3) is 0 Å². The Morgan fingerprint density at radius 2 is 2.18 bits per heavy atom. The number of aromatic nitrogens is 1. The number of piperidine rings is 1. The normalized spacial score (nSPS) is 19.5. The molecule has 0 bridgehead atoms. The van der Waals surface area contributed by atoms with Crippen LogP contribution in [0.5, 0.6) is 0 Å². The lowest BCUT2D eigenvalue weighted by molar-refractivity contribution is -0.151. The highest BCUT2D eigenvalue weighted by molar-refractivity contribution is 8.00. The van der Waals surface area contributed by atoms with Crippen LogP contribution in [0.2, 0.25) is 0 Å². The average Bonchev–Trinajstić information content (AvgIpc) is 2.55. The lowest BCUT2D eigenvalue weighted by Crippen LogP contribution is -2.45. The van der Waals surface area contributed by atoms with Gasteiger partial charge < -0.3 is 9.64 Å². The smallest absolute Gasteiger partial charge is 0.310 e. The zero-order chi connectivity index (χ0) is 15.9. The molecule has 5 nitrogen and oxygen atoms in total. The van der Waals surface area contributed by atoms with Gasteiger partial charge in [-0.15, -0.1) is 11.8 Å². The Kier molecular flexibility index (Phi) is 6.24. The maximum Gasteiger partial charge on any atom is 0.310 e. The first-order valence-corrected chi connectivity index (χ1v) is 8.52. The highest BCUT2D eigenvalue weighted by Crippen LogP contribution is 2.26. The molecule has 2 heterocycles. The molecule has 0 radical (unpaired) electrons. The summed E-state index contributed by atoms with van der Waals surface area (Å²) < 4.78 is 5.08. The molecule has 0 saturated carbocycles. The monoisotopic (exact) mass is 322 g/mol. The standard InChI is InChI=1S/C16H22N2O3S/c1-3-21-16(20)13-5-4-10-18(11-13)15(19)12(2)22-14-6-8-17-9-7-14/h6-9,12-13H,3-5,10-11H2,1-2H3/t12-,13-/m0/s1. The van der Waals surface area contributed by atoms with Gasteiger partial charge >= 0.3 is 5.97 Å². The number of carbonyl (C=O) groups is 2. The van der Waals surface area contributed by atoms with Crippen molar-refractivity contribution < 1.29 is 14.3 Å². The van der Waals surface area contributed by atoms with Crippen LogP contribution in [-0.2, 0) is 14.3 Å². The number of hydrogen-bond donors (Lipinski definition) is 0. The fourth-order valence-electron chi connectivity index (χ4n) is 2.56. The maximum absolute atomic E-state index is 12.6. The molecule has 0 N–H and O–H groups in total. The van der Waals surface area contributed by atoms with E-state index in [2.05, 4.69) is 4.98 Å². The summed E-state index contributed by atoms with van der Waals surface area (Å²) >= 11 is 1.52. The van der Waals surface area contributed by atoms with Crippen molar-refractivity contribution >= 4 is 23.6 Å². The Hall–Kier alpha value is -1.56. The molecular weight excluding hydrogens is 300 g/mol. The Morgan fingerprint density at radius 3 is 2.86 bits per heavy atom. The van der Waals surface area contributed by atoms with Crippen molar-refractivity contribution in [2.75, 3.05) is 19.7 Å². The number of esters is 1. The number of pyridine rings is 1. The van der Waals surface area contributed by atoms with E-state index in [1.165, 1.54) is 11.8 Å². The first kappa shape index (κ1) is 16.8. The van der Waals surface area contributed by atoms with E-state index in [0.29, 0.717) is 13.2 Å². The van der Waals surface area contributed by atoms with Gasteiger partial charge in [0.2, 0.25) is 5.91 Å². The first-order valence-electron chi connectivity index (χ1n) is 7.64. The van der Waals surface area contributed by atoms with Crippen LogP contribution in [0.1, 0.15) is 26.7 Å². The fourth-order valence-corrected chi connectivity index (χ4v) is 3.50. The molecule has 2 atom stereocenters. The van der Waals surface area contributed by atoms with Crippen LogP contribution < -0.4 is 0 Å². The number of thioether (sulfide) groups is 1. The van der Waals surface area contributed by atoms with Gasteiger partial charge in [-0.05, 0) is 38.8 Å². The van der Waals surface area contributed by atoms with E-state index in [9.17, 15) is 9.59 Å². The Balaban J connectivity index is 1.92. The van der Waals surface area contributed by atoms with E-state index in [-0.39, 0.29) is 23.0 Å². The summed E-state index contributed by atoms with van der Waals surface area (Å²) in [5.74, 6) is -0.291. The second-order valence-electron chi connectivity index (χ2n) is 5.32. The van der Waals surface area contributed by atoms with Gasteiger partial charge in [-0.3, -0.25) is 14.6 Å². The molecule has 1 aromatic rings. The zero-order valence-corrected chi connectivity index (χ0v) is 13.8. The third kappa shape index (κ3) is 4.47. The molecule has 1 aliphatic rings. The van der Waals surface area contributed by atoms with E-state index in [1.54, 1.807) is 24.2 Å². The number of amides is 1. The summed E-state index contributed by atoms with van der Waals surface area (Å²) in [6.45, 7) is 5.28. The molecular formula is C16H22N2O3S. The number of carbonyl (C=O) groups excluding carboxylic acids is 2. The number of hydrogen-bond acceptors (Lipinski definition) is 5. The molecule has 0 spiro atoms. The van der Waals surface area contributed by atoms with Crippen molar-refractivity contribution in [2.45, 2.75) is 36.8 Å². The van der Waals surface area contributed by atoms with E-state index < -0.39 is 0 Å². The predicted molar refractivity (Wildman–Crippen MR) is 85.5 cm³/mol. The minimum absolute atomic E-state index is 0.0795. The largest absolute Gasteiger partial charge is 0.466 e. The molecule has 1 aromatic heterocycles. The highest BCUT2D eigenvalue weighted by Gasteiger charge is 2.31. The zero-order valence-electron chi connectivity index (χ0n) is 13.0. The molecule has 22 heavy (non-hydrogen) atoms. The van der Waals surface area contributed by atoms with E-state index in [4.69, 9.17) is 4.74 Å². The quantitative estimate of drug-likeness (QED) is 0.615. The van der Waals surface area contributed by atoms with Crippen molar-refractivity contribution in [1.29, 1.82) is 0 Å². The topological polar surface area (TPSA) is 59.5 Å². The predicted octanol–water partition coefficient (Wildman–Crippen LogP) is 2.36. The number of rotatable bonds is 5. The Labute approximate surface area is 135 Å². The second kappa shape index (κ2) is 8.17. The fraction of sp³-hybridized carbons (Fsp3) is 0.562. The van der Waals surface area contributed by atoms with Gasteiger partial charge in [0, 0.05) is 30.4 Å². The van der Waals surface area contributed by atoms with Crippen molar-refractivity contribution in [1.82, 2.24) is 9.88 Å². The van der Waals surface area contributed by atoms with Crippen LogP contribution in [0.4, 0.5) is 0 Å². The van der Waals surface area contributed by atoms with Crippen molar-refractivity contribution in [3.8, 4) is 0 Å². The van der Waals surface area contributed by atoms with Crippen LogP contribution in [0.3, 0.4) is 0 Å². The lowest BCUT2D eigenvalue weighted by Gasteiger charge is -2.33. The van der Waals surface area contributed by atoms with Gasteiger partial charge in [-0.1, -0.05) is 0 Å². The molecule has 1 saturated heterocycles. The minimum atomic E-state index is -0.186. The Bertz CT molecular complexity index is 509. The van der Waals surface area contributed by atoms with Gasteiger partial charge in [-0.25, -0.2) is 0 Å². The number of ether oxygens (including phenoxy) is 1. The van der Waals surface area contributed by atoms with Crippen molar-refractivity contribution in [3.05, 3.63) is 24.5 Å². The molecule has 120 valence electrons. The number of nitrogens with zero attached hydrogens (tertiary/aromatic N) is 2. The molecule has 1 amide bonds. The number of likely N-dealkylation sites (tertiary alicyclic amines) is 1. The molecule has 1 fully saturated rings. The SMILES string of the molecule is CCOC(=O)[C@H]1CCCN(C(=O)[C@H](C)Sc2ccncc2)C1. The van der Waals surface area contributed by atoms with Crippen LogP contribution >= 0.6 is 11.8 Å². The van der Waals surface area contributed by atoms with E-state index in [1.807, 2.05) is 19.1 Å². The summed E-state index contributed by atoms with van der Waals surface area (Å²) in [6.07, 6.45) is 5.09. The van der Waals surface area contributed by atoms with E-state index in [0.717, 1.165) is 24.3 Å². The van der Waals surface area contributed by atoms with E-state index >= 15 is 0 Å². The summed E-state index contributed by atoms with van der Waals surface area (Å²) in [5, 5.41) is -0.177. The van der Waals surface area contributed by atoms with Gasteiger partial charge in [0.25, 0.3) is 0 Å². The average molecular weight is 322 g/mol. The highest BCUT2D eigenvalue weighted by atomic mass is 32.2. The van der Waals surface area contributed by atoms with Crippen molar-refractivity contribution in [3.63, 3.8) is 0 Å². The van der Waals surface area contributed by atoms with Gasteiger partial charge in [-0.2, -0.15) is 0 Å². The lowest BCUT2D eigenvalue weighted by atomic mass is 9.98. The molecule has 6 heteroatoms. The third-order valence-corrected chi connectivity index (χ3v) is 4.76. The minimum Gasteiger partial charge on any atom is -0.466 e. The second-order valence-corrected chi connectivity index (χ2v) is 6.73. The summed E-state index contributed by atoms with van der Waals surface area (Å²) in [6, 6.07) is 3.79. The maximum atomic E-state index is 12.6. The Morgan fingerprint density at radius 1 is 1.45 bits per heavy atom. The van der Waals surface area contributed by atoms with Gasteiger partial charge in [0.05, 0.1) is 17.8 Å². The van der Waals surface area contributed by atoms with Crippen LogP contribution in [0.15, 0.2) is 29.4 Å². The molecule has 0 aromatic carbocycles. The van der Waals surface area contributed by atoms with Crippen molar-refractivity contribution in [2.24, 2.45) is 5.92 Å². The summed E-state index contributed by atoms with van der Waals surface area (Å²) in [7, 11) is 0. The molecule has 1 aliphatic heterocycles. The first-order chi connectivity index (χ1) is 10.6. The molecule has 0 aliphatic carbocycles. The van der Waals surface area contributed by atoms with Gasteiger partial charge in [0.15, 0.2) is 0 Å².